The molecule has 1 aromatic carbocycles. The van der Waals surface area contributed by atoms with Gasteiger partial charge in [0.2, 0.25) is 0 Å². The van der Waals surface area contributed by atoms with Crippen LogP contribution in [-0.2, 0) is 0 Å². The first-order valence-electron chi connectivity index (χ1n) is 4.22. The highest BCUT2D eigenvalue weighted by Gasteiger charge is 2.02. The molecule has 0 aliphatic rings. The van der Waals surface area contributed by atoms with E-state index in [0.717, 1.165) is 5.56 Å². The number of amides is 1. The predicted octanol–water partition coefficient (Wildman–Crippen LogP) is 1.69. The van der Waals surface area contributed by atoms with Gasteiger partial charge in [-0.2, -0.15) is 0 Å². The van der Waals surface area contributed by atoms with E-state index in [2.05, 4.69) is 17.8 Å². The zero-order chi connectivity index (χ0) is 10.4. The molecule has 1 amide bonds. The Morgan fingerprint density at radius 2 is 2.14 bits per heavy atom. The molecule has 0 unspecified atom stereocenters. The van der Waals surface area contributed by atoms with E-state index in [0.29, 0.717) is 5.56 Å². The van der Waals surface area contributed by atoms with Gasteiger partial charge in [-0.15, -0.1) is 6.42 Å². The van der Waals surface area contributed by atoms with E-state index in [-0.39, 0.29) is 12.5 Å². The minimum absolute atomic E-state index is 0.154. The van der Waals surface area contributed by atoms with Gasteiger partial charge >= 0.3 is 0 Å². The van der Waals surface area contributed by atoms with Gasteiger partial charge < -0.3 is 5.32 Å². The maximum absolute atomic E-state index is 11.4. The minimum Gasteiger partial charge on any atom is -0.341 e. The molecule has 1 aromatic rings. The summed E-state index contributed by atoms with van der Waals surface area (Å²) < 4.78 is 0. The van der Waals surface area contributed by atoms with E-state index in [4.69, 9.17) is 6.42 Å². The van der Waals surface area contributed by atoms with Crippen molar-refractivity contribution in [1.82, 2.24) is 5.32 Å². The van der Waals surface area contributed by atoms with Crippen LogP contribution in [0.4, 0.5) is 0 Å². The van der Waals surface area contributed by atoms with Crippen LogP contribution in [0.2, 0.25) is 0 Å². The summed E-state index contributed by atoms with van der Waals surface area (Å²) >= 11 is 0. The molecule has 70 valence electrons. The second-order valence-electron chi connectivity index (χ2n) is 2.71. The molecule has 1 N–H and O–H groups in total. The highest BCUT2D eigenvalue weighted by Crippen LogP contribution is 2.04. The van der Waals surface area contributed by atoms with E-state index in [1.807, 2.05) is 12.1 Å². The third-order valence-corrected chi connectivity index (χ3v) is 1.76. The lowest BCUT2D eigenvalue weighted by molar-refractivity contribution is 0.0958. The van der Waals surface area contributed by atoms with E-state index in [1.165, 1.54) is 0 Å². The standard InChI is InChI=1S/C12H11NO/c1-3-9-13-12(14)11-7-5-10(4-2)6-8-11/h1,4-8H,2,9H2,(H,13,14). The molecule has 0 fully saturated rings. The van der Waals surface area contributed by atoms with Crippen LogP contribution in [0.1, 0.15) is 15.9 Å². The zero-order valence-corrected chi connectivity index (χ0v) is 7.79. The maximum Gasteiger partial charge on any atom is 0.252 e. The quantitative estimate of drug-likeness (QED) is 0.713. The van der Waals surface area contributed by atoms with Crippen molar-refractivity contribution in [2.45, 2.75) is 0 Å². The van der Waals surface area contributed by atoms with Gasteiger partial charge in [0.25, 0.3) is 5.91 Å². The molecule has 0 saturated carbocycles. The first-order valence-corrected chi connectivity index (χ1v) is 4.22. The second-order valence-corrected chi connectivity index (χ2v) is 2.71. The molecule has 0 bridgehead atoms. The summed E-state index contributed by atoms with van der Waals surface area (Å²) in [5.41, 5.74) is 1.59. The summed E-state index contributed by atoms with van der Waals surface area (Å²) in [5, 5.41) is 2.59. The Bertz CT molecular complexity index is 370. The highest BCUT2D eigenvalue weighted by molar-refractivity contribution is 5.94. The normalized spacial score (nSPS) is 8.79. The first kappa shape index (κ1) is 10.1. The van der Waals surface area contributed by atoms with Gasteiger partial charge in [0.1, 0.15) is 0 Å². The Balaban J connectivity index is 2.72. The number of hydrogen-bond donors (Lipinski definition) is 1. The highest BCUT2D eigenvalue weighted by atomic mass is 16.1. The van der Waals surface area contributed by atoms with Crippen molar-refractivity contribution in [3.63, 3.8) is 0 Å². The summed E-state index contributed by atoms with van der Waals surface area (Å²) in [6.07, 6.45) is 6.75. The molecule has 0 heterocycles. The summed E-state index contributed by atoms with van der Waals surface area (Å²) in [5.74, 6) is 2.19. The number of terminal acetylenes is 1. The van der Waals surface area contributed by atoms with Crippen molar-refractivity contribution < 1.29 is 4.79 Å². The van der Waals surface area contributed by atoms with Crippen molar-refractivity contribution in [3.05, 3.63) is 42.0 Å². The molecular formula is C12H11NO. The Labute approximate surface area is 83.6 Å². The fourth-order valence-electron chi connectivity index (χ4n) is 1.00. The molecular weight excluding hydrogens is 174 g/mol. The Morgan fingerprint density at radius 3 is 2.64 bits per heavy atom. The van der Waals surface area contributed by atoms with Gasteiger partial charge in [0.15, 0.2) is 0 Å². The van der Waals surface area contributed by atoms with E-state index in [9.17, 15) is 4.79 Å². The number of carbonyl (C=O) groups is 1. The van der Waals surface area contributed by atoms with Crippen LogP contribution >= 0.6 is 0 Å². The predicted molar refractivity (Wildman–Crippen MR) is 57.7 cm³/mol. The molecule has 2 heteroatoms. The molecule has 0 aliphatic heterocycles. The third-order valence-electron chi connectivity index (χ3n) is 1.76. The Morgan fingerprint density at radius 1 is 1.50 bits per heavy atom. The molecule has 0 saturated heterocycles. The van der Waals surface area contributed by atoms with Gasteiger partial charge in [0, 0.05) is 5.56 Å². The van der Waals surface area contributed by atoms with Crippen molar-refractivity contribution in [2.75, 3.05) is 6.54 Å². The Kier molecular flexibility index (Phi) is 3.51. The van der Waals surface area contributed by atoms with Crippen LogP contribution in [0.3, 0.4) is 0 Å². The number of nitrogens with one attached hydrogen (secondary N) is 1. The molecule has 0 radical (unpaired) electrons. The summed E-state index contributed by atoms with van der Waals surface area (Å²) in [6.45, 7) is 3.88. The molecule has 0 spiro atoms. The van der Waals surface area contributed by atoms with E-state index < -0.39 is 0 Å². The van der Waals surface area contributed by atoms with Crippen LogP contribution in [0.25, 0.3) is 6.08 Å². The topological polar surface area (TPSA) is 29.1 Å². The largest absolute Gasteiger partial charge is 0.341 e. The zero-order valence-electron chi connectivity index (χ0n) is 7.79. The van der Waals surface area contributed by atoms with Crippen molar-refractivity contribution in [3.8, 4) is 12.3 Å². The summed E-state index contributed by atoms with van der Waals surface area (Å²) in [4.78, 5) is 11.4. The maximum atomic E-state index is 11.4. The van der Waals surface area contributed by atoms with Gasteiger partial charge in [-0.25, -0.2) is 0 Å². The summed E-state index contributed by atoms with van der Waals surface area (Å²) in [6, 6.07) is 7.14. The van der Waals surface area contributed by atoms with E-state index >= 15 is 0 Å². The number of carbonyl (C=O) groups excluding carboxylic acids is 1. The lowest BCUT2D eigenvalue weighted by Gasteiger charge is -2.01. The van der Waals surface area contributed by atoms with Crippen molar-refractivity contribution in [2.24, 2.45) is 0 Å². The second kappa shape index (κ2) is 4.88. The fraction of sp³-hybridized carbons (Fsp3) is 0.0833. The minimum atomic E-state index is -0.154. The Hall–Kier alpha value is -2.01. The number of benzene rings is 1. The number of hydrogen-bond acceptors (Lipinski definition) is 1. The SMILES string of the molecule is C#CCNC(=O)c1ccc(C=C)cc1. The average molecular weight is 185 g/mol. The van der Waals surface area contributed by atoms with Crippen LogP contribution in [0, 0.1) is 12.3 Å². The monoisotopic (exact) mass is 185 g/mol. The third kappa shape index (κ3) is 2.49. The summed E-state index contributed by atoms with van der Waals surface area (Å²) in [7, 11) is 0. The van der Waals surface area contributed by atoms with Crippen molar-refractivity contribution >= 4 is 12.0 Å². The van der Waals surface area contributed by atoms with Crippen molar-refractivity contribution in [1.29, 1.82) is 0 Å². The molecule has 0 atom stereocenters. The molecule has 1 rings (SSSR count). The lowest BCUT2D eigenvalue weighted by atomic mass is 10.1. The first-order chi connectivity index (χ1) is 6.77. The molecule has 0 aliphatic carbocycles. The van der Waals surface area contributed by atoms with Crippen LogP contribution in [0.15, 0.2) is 30.8 Å². The lowest BCUT2D eigenvalue weighted by Crippen LogP contribution is -2.23. The van der Waals surface area contributed by atoms with Crippen LogP contribution < -0.4 is 5.32 Å². The average Bonchev–Trinajstić information content (AvgIpc) is 2.26. The van der Waals surface area contributed by atoms with Crippen LogP contribution in [0.5, 0.6) is 0 Å². The molecule has 14 heavy (non-hydrogen) atoms. The molecule has 2 nitrogen and oxygen atoms in total. The smallest absolute Gasteiger partial charge is 0.252 e. The fourth-order valence-corrected chi connectivity index (χ4v) is 1.00. The van der Waals surface area contributed by atoms with Gasteiger partial charge in [-0.1, -0.05) is 30.7 Å². The number of rotatable bonds is 3. The van der Waals surface area contributed by atoms with Gasteiger partial charge in [-0.3, -0.25) is 4.79 Å². The van der Waals surface area contributed by atoms with Crippen LogP contribution in [-0.4, -0.2) is 12.5 Å². The van der Waals surface area contributed by atoms with Gasteiger partial charge in [0.05, 0.1) is 6.54 Å². The molecule has 0 aromatic heterocycles. The van der Waals surface area contributed by atoms with E-state index in [1.54, 1.807) is 18.2 Å². The van der Waals surface area contributed by atoms with Gasteiger partial charge in [-0.05, 0) is 17.7 Å².